The predicted molar refractivity (Wildman–Crippen MR) is 69.7 cm³/mol. The van der Waals surface area contributed by atoms with Crippen LogP contribution >= 0.6 is 12.2 Å². The van der Waals surface area contributed by atoms with E-state index in [1.54, 1.807) is 30.3 Å². The fraction of sp³-hybridized carbons (Fsp3) is 0.167. The molecule has 7 heteroatoms. The molecule has 0 aliphatic carbocycles. The van der Waals surface area contributed by atoms with E-state index >= 15 is 0 Å². The molecule has 6 nitrogen and oxygen atoms in total. The van der Waals surface area contributed by atoms with Crippen molar-refractivity contribution in [1.82, 2.24) is 4.90 Å². The van der Waals surface area contributed by atoms with Crippen LogP contribution in [0.2, 0.25) is 0 Å². The molecule has 0 saturated carbocycles. The Morgan fingerprint density at radius 2 is 1.68 bits per heavy atom. The molecule has 2 N–H and O–H groups in total. The average molecular weight is 281 g/mol. The molecular formula is C12H11NO5S. The van der Waals surface area contributed by atoms with Gasteiger partial charge in [0.05, 0.1) is 5.37 Å². The molecule has 0 aliphatic heterocycles. The van der Waals surface area contributed by atoms with Crippen LogP contribution < -0.4 is 0 Å². The van der Waals surface area contributed by atoms with E-state index < -0.39 is 23.9 Å². The highest BCUT2D eigenvalue weighted by Gasteiger charge is 2.35. The van der Waals surface area contributed by atoms with Gasteiger partial charge in [0.2, 0.25) is 6.04 Å². The molecule has 0 bridgehead atoms. The highest BCUT2D eigenvalue weighted by molar-refractivity contribution is 7.80. The zero-order valence-corrected chi connectivity index (χ0v) is 10.5. The summed E-state index contributed by atoms with van der Waals surface area (Å²) < 4.78 is 0. The fourth-order valence-corrected chi connectivity index (χ4v) is 1.65. The van der Waals surface area contributed by atoms with Gasteiger partial charge >= 0.3 is 11.9 Å². The number of benzene rings is 1. The Hall–Kier alpha value is -2.28. The number of carboxylic acids is 2. The molecule has 1 rings (SSSR count). The van der Waals surface area contributed by atoms with Crippen LogP contribution in [-0.4, -0.2) is 44.4 Å². The molecule has 19 heavy (non-hydrogen) atoms. The first-order chi connectivity index (χ1) is 8.97. The van der Waals surface area contributed by atoms with Crippen LogP contribution in [0.1, 0.15) is 5.56 Å². The smallest absolute Gasteiger partial charge is 0.338 e. The van der Waals surface area contributed by atoms with E-state index in [0.717, 1.165) is 5.37 Å². The van der Waals surface area contributed by atoms with Crippen molar-refractivity contribution in [3.63, 3.8) is 0 Å². The number of hydrogen-bond donors (Lipinski definition) is 2. The lowest BCUT2D eigenvalue weighted by Crippen LogP contribution is -2.49. The highest BCUT2D eigenvalue weighted by Crippen LogP contribution is 2.09. The van der Waals surface area contributed by atoms with Crippen molar-refractivity contribution < 1.29 is 24.6 Å². The zero-order chi connectivity index (χ0) is 14.4. The maximum Gasteiger partial charge on any atom is 0.338 e. The van der Waals surface area contributed by atoms with E-state index in [-0.39, 0.29) is 6.54 Å². The predicted octanol–water partition coefficient (Wildman–Crippen LogP) is 0.553. The van der Waals surface area contributed by atoms with Gasteiger partial charge in [-0.3, -0.25) is 4.79 Å². The first kappa shape index (κ1) is 14.8. The van der Waals surface area contributed by atoms with Gasteiger partial charge in [-0.25, -0.2) is 9.59 Å². The van der Waals surface area contributed by atoms with Gasteiger partial charge < -0.3 is 15.1 Å². The molecule has 1 amide bonds. The second-order valence-corrected chi connectivity index (χ2v) is 3.88. The maximum absolute atomic E-state index is 11.6. The van der Waals surface area contributed by atoms with Gasteiger partial charge in [-0.2, -0.15) is 0 Å². The molecule has 0 aromatic heterocycles. The van der Waals surface area contributed by atoms with E-state index in [2.05, 4.69) is 12.2 Å². The molecule has 0 radical (unpaired) electrons. The molecular weight excluding hydrogens is 270 g/mol. The summed E-state index contributed by atoms with van der Waals surface area (Å²) >= 11 is 4.46. The van der Waals surface area contributed by atoms with E-state index in [1.807, 2.05) is 0 Å². The van der Waals surface area contributed by atoms with Gasteiger partial charge in [0.25, 0.3) is 5.91 Å². The molecule has 0 saturated heterocycles. The first-order valence-corrected chi connectivity index (χ1v) is 5.69. The third-order valence-electron chi connectivity index (χ3n) is 2.36. The minimum absolute atomic E-state index is 0.143. The summed E-state index contributed by atoms with van der Waals surface area (Å²) in [7, 11) is 0. The Bertz CT molecular complexity index is 488. The first-order valence-electron chi connectivity index (χ1n) is 5.22. The number of carbonyl (C=O) groups is 3. The fourth-order valence-electron chi connectivity index (χ4n) is 1.52. The van der Waals surface area contributed by atoms with Crippen molar-refractivity contribution in [2.24, 2.45) is 0 Å². The summed E-state index contributed by atoms with van der Waals surface area (Å²) in [5.41, 5.74) is 0.611. The van der Waals surface area contributed by atoms with Crippen LogP contribution in [0.4, 0.5) is 0 Å². The number of rotatable bonds is 6. The summed E-state index contributed by atoms with van der Waals surface area (Å²) in [6, 6.07) is 6.50. The van der Waals surface area contributed by atoms with Crippen molar-refractivity contribution in [2.45, 2.75) is 12.6 Å². The van der Waals surface area contributed by atoms with Crippen molar-refractivity contribution in [2.75, 3.05) is 0 Å². The van der Waals surface area contributed by atoms with Crippen molar-refractivity contribution in [1.29, 1.82) is 0 Å². The lowest BCUT2D eigenvalue weighted by molar-refractivity contribution is -0.160. The Morgan fingerprint density at radius 1 is 1.16 bits per heavy atom. The second-order valence-electron chi connectivity index (χ2n) is 3.65. The number of aliphatic carboxylic acids is 2. The molecule has 100 valence electrons. The molecule has 0 spiro atoms. The second kappa shape index (κ2) is 6.60. The van der Waals surface area contributed by atoms with Gasteiger partial charge in [0, 0.05) is 6.54 Å². The number of carbonyl (C=O) groups excluding carboxylic acids is 1. The summed E-state index contributed by atoms with van der Waals surface area (Å²) in [6.07, 6.45) is 0. The van der Waals surface area contributed by atoms with E-state index in [0.29, 0.717) is 10.5 Å². The molecule has 0 fully saturated rings. The van der Waals surface area contributed by atoms with Gasteiger partial charge in [-0.05, 0) is 5.56 Å². The molecule has 0 heterocycles. The molecule has 0 unspecified atom stereocenters. The summed E-state index contributed by atoms with van der Waals surface area (Å²) in [6.45, 7) is -0.143. The Balaban J connectivity index is 3.07. The average Bonchev–Trinajstić information content (AvgIpc) is 2.37. The van der Waals surface area contributed by atoms with Crippen LogP contribution in [0, 0.1) is 0 Å². The third kappa shape index (κ3) is 3.85. The zero-order valence-electron chi connectivity index (χ0n) is 9.72. The Labute approximate surface area is 114 Å². The van der Waals surface area contributed by atoms with Crippen LogP contribution in [-0.2, 0) is 20.9 Å². The van der Waals surface area contributed by atoms with Crippen molar-refractivity contribution in [3.8, 4) is 0 Å². The quantitative estimate of drug-likeness (QED) is 0.584. The Kier molecular flexibility index (Phi) is 5.13. The van der Waals surface area contributed by atoms with Gasteiger partial charge in [-0.1, -0.05) is 42.5 Å². The van der Waals surface area contributed by atoms with E-state index in [9.17, 15) is 14.4 Å². The normalized spacial score (nSPS) is 9.95. The van der Waals surface area contributed by atoms with Crippen LogP contribution in [0.25, 0.3) is 0 Å². The molecule has 1 aromatic rings. The van der Waals surface area contributed by atoms with Gasteiger partial charge in [0.15, 0.2) is 0 Å². The van der Waals surface area contributed by atoms with Gasteiger partial charge in [-0.15, -0.1) is 0 Å². The summed E-state index contributed by atoms with van der Waals surface area (Å²) in [5.74, 6) is -4.06. The molecule has 1 aromatic carbocycles. The lowest BCUT2D eigenvalue weighted by atomic mass is 10.1. The van der Waals surface area contributed by atoms with E-state index in [1.165, 1.54) is 0 Å². The van der Waals surface area contributed by atoms with Crippen molar-refractivity contribution >= 4 is 35.4 Å². The van der Waals surface area contributed by atoms with Gasteiger partial charge in [0.1, 0.15) is 0 Å². The number of hydrogen-bond acceptors (Lipinski definition) is 4. The summed E-state index contributed by atoms with van der Waals surface area (Å²) in [5, 5.41) is 18.6. The van der Waals surface area contributed by atoms with Crippen LogP contribution in [0.15, 0.2) is 30.3 Å². The number of amides is 1. The minimum Gasteiger partial charge on any atom is -0.479 e. The number of thiocarbonyl (C=S) groups is 1. The number of carboxylic acid groups (broad SMARTS) is 2. The topological polar surface area (TPSA) is 94.9 Å². The largest absolute Gasteiger partial charge is 0.479 e. The third-order valence-corrected chi connectivity index (χ3v) is 2.56. The maximum atomic E-state index is 11.6. The highest BCUT2D eigenvalue weighted by atomic mass is 32.1. The lowest BCUT2D eigenvalue weighted by Gasteiger charge is -2.24. The minimum atomic E-state index is -1.97. The van der Waals surface area contributed by atoms with Crippen LogP contribution in [0.3, 0.4) is 0 Å². The Morgan fingerprint density at radius 3 is 2.11 bits per heavy atom. The SMILES string of the molecule is O=C(O)C(C(=O)O)N(Cc1ccccc1)C(=O)C=S. The summed E-state index contributed by atoms with van der Waals surface area (Å²) in [4.78, 5) is 34.2. The van der Waals surface area contributed by atoms with E-state index in [4.69, 9.17) is 10.2 Å². The molecule has 0 aliphatic rings. The monoisotopic (exact) mass is 281 g/mol. The number of nitrogens with zero attached hydrogens (tertiary/aromatic N) is 1. The van der Waals surface area contributed by atoms with Crippen molar-refractivity contribution in [3.05, 3.63) is 35.9 Å². The molecule has 0 atom stereocenters. The standard InChI is InChI=1S/C12H11NO5S/c14-9(7-19)13(10(11(15)16)12(17)18)6-8-4-2-1-3-5-8/h1-5,7,10H,6H2,(H,15,16)(H,17,18). The van der Waals surface area contributed by atoms with Crippen LogP contribution in [0.5, 0.6) is 0 Å².